The Labute approximate surface area is 182 Å². The summed E-state index contributed by atoms with van der Waals surface area (Å²) in [6.45, 7) is 4.11. The number of methoxy groups -OCH3 is 2. The van der Waals surface area contributed by atoms with Gasteiger partial charge in [0.2, 0.25) is 0 Å². The molecular formula is C22H30FN5O3. The molecule has 0 radical (unpaired) electrons. The van der Waals surface area contributed by atoms with Crippen LogP contribution in [0.1, 0.15) is 25.0 Å². The first-order chi connectivity index (χ1) is 15.0. The number of aliphatic imine (C=N–C) groups is 1. The highest BCUT2D eigenvalue weighted by atomic mass is 19.1. The number of nitrogens with one attached hydrogen (secondary N) is 2. The summed E-state index contributed by atoms with van der Waals surface area (Å²) in [7, 11) is 3.13. The van der Waals surface area contributed by atoms with E-state index in [1.54, 1.807) is 44.7 Å². The van der Waals surface area contributed by atoms with Gasteiger partial charge in [-0.15, -0.1) is 0 Å². The molecule has 0 amide bonds. The molecule has 168 valence electrons. The van der Waals surface area contributed by atoms with Crippen LogP contribution in [-0.2, 0) is 0 Å². The molecule has 1 fully saturated rings. The number of hydrogen-bond donors (Lipinski definition) is 3. The first-order valence-electron chi connectivity index (χ1n) is 10.4. The van der Waals surface area contributed by atoms with Crippen LogP contribution >= 0.6 is 0 Å². The van der Waals surface area contributed by atoms with Gasteiger partial charge in [0.05, 0.1) is 20.8 Å². The lowest BCUT2D eigenvalue weighted by atomic mass is 10.1. The third-order valence-corrected chi connectivity index (χ3v) is 5.13. The number of ether oxygens (including phenoxy) is 2. The molecular weight excluding hydrogens is 401 g/mol. The number of guanidine groups is 1. The SMILES string of the molecule is CCNC(=NCC(O)c1cc(OC)ccc1OC)NC1CCN(c2ncccc2F)C1. The molecule has 0 aliphatic carbocycles. The molecule has 3 N–H and O–H groups in total. The quantitative estimate of drug-likeness (QED) is 0.436. The number of nitrogens with zero attached hydrogens (tertiary/aromatic N) is 3. The maximum absolute atomic E-state index is 14.0. The van der Waals surface area contributed by atoms with Crippen LogP contribution in [-0.4, -0.2) is 62.5 Å². The molecule has 3 rings (SSSR count). The van der Waals surface area contributed by atoms with Crippen molar-refractivity contribution in [2.75, 3.05) is 45.3 Å². The summed E-state index contributed by atoms with van der Waals surface area (Å²) >= 11 is 0. The molecule has 2 unspecified atom stereocenters. The van der Waals surface area contributed by atoms with Crippen molar-refractivity contribution in [1.82, 2.24) is 15.6 Å². The minimum Gasteiger partial charge on any atom is -0.497 e. The summed E-state index contributed by atoms with van der Waals surface area (Å²) in [4.78, 5) is 10.6. The molecule has 1 aromatic carbocycles. The fraction of sp³-hybridized carbons (Fsp3) is 0.455. The predicted molar refractivity (Wildman–Crippen MR) is 118 cm³/mol. The lowest BCUT2D eigenvalue weighted by Crippen LogP contribution is -2.45. The minimum absolute atomic E-state index is 0.0858. The second-order valence-electron chi connectivity index (χ2n) is 7.23. The average molecular weight is 432 g/mol. The monoisotopic (exact) mass is 431 g/mol. The van der Waals surface area contributed by atoms with Crippen molar-refractivity contribution in [3.63, 3.8) is 0 Å². The third kappa shape index (κ3) is 5.75. The van der Waals surface area contributed by atoms with E-state index in [0.29, 0.717) is 48.5 Å². The standard InChI is InChI=1S/C22H30FN5O3/c1-4-24-22(26-13-19(29)17-12-16(30-2)7-8-20(17)31-3)27-15-9-11-28(14-15)21-18(23)6-5-10-25-21/h5-8,10,12,15,19,29H,4,9,11,13-14H2,1-3H3,(H2,24,26,27). The Morgan fingerprint density at radius 1 is 1.35 bits per heavy atom. The number of hydrogen-bond acceptors (Lipinski definition) is 6. The Hall–Kier alpha value is -3.07. The van der Waals surface area contributed by atoms with E-state index in [4.69, 9.17) is 9.47 Å². The molecule has 2 aromatic rings. The van der Waals surface area contributed by atoms with E-state index in [1.165, 1.54) is 6.07 Å². The van der Waals surface area contributed by atoms with Crippen molar-refractivity contribution in [2.24, 2.45) is 4.99 Å². The second kappa shape index (κ2) is 10.8. The lowest BCUT2D eigenvalue weighted by Gasteiger charge is -2.20. The van der Waals surface area contributed by atoms with Gasteiger partial charge in [0.15, 0.2) is 17.6 Å². The number of aliphatic hydroxyl groups is 1. The van der Waals surface area contributed by atoms with Crippen LogP contribution < -0.4 is 25.0 Å². The molecule has 2 heterocycles. The first kappa shape index (κ1) is 22.6. The van der Waals surface area contributed by atoms with Gasteiger partial charge in [0.1, 0.15) is 17.6 Å². The molecule has 0 saturated carbocycles. The van der Waals surface area contributed by atoms with Gasteiger partial charge in [-0.25, -0.2) is 9.37 Å². The Kier molecular flexibility index (Phi) is 7.88. The van der Waals surface area contributed by atoms with Crippen LogP contribution in [0.25, 0.3) is 0 Å². The van der Waals surface area contributed by atoms with Crippen LogP contribution in [0.5, 0.6) is 11.5 Å². The van der Waals surface area contributed by atoms with Crippen LogP contribution in [0.15, 0.2) is 41.5 Å². The lowest BCUT2D eigenvalue weighted by molar-refractivity contribution is 0.182. The van der Waals surface area contributed by atoms with Crippen molar-refractivity contribution in [1.29, 1.82) is 0 Å². The van der Waals surface area contributed by atoms with Gasteiger partial charge in [-0.1, -0.05) is 0 Å². The highest BCUT2D eigenvalue weighted by molar-refractivity contribution is 5.80. The second-order valence-corrected chi connectivity index (χ2v) is 7.23. The Balaban J connectivity index is 1.65. The van der Waals surface area contributed by atoms with Crippen LogP contribution in [0.4, 0.5) is 10.2 Å². The van der Waals surface area contributed by atoms with Crippen LogP contribution in [0.2, 0.25) is 0 Å². The molecule has 1 saturated heterocycles. The number of rotatable bonds is 8. The number of anilines is 1. The number of benzene rings is 1. The van der Waals surface area contributed by atoms with E-state index in [-0.39, 0.29) is 18.4 Å². The van der Waals surface area contributed by atoms with Gasteiger partial charge in [0.25, 0.3) is 0 Å². The summed E-state index contributed by atoms with van der Waals surface area (Å²) in [5.74, 6) is 1.85. The average Bonchev–Trinajstić information content (AvgIpc) is 3.25. The number of pyridine rings is 1. The number of aromatic nitrogens is 1. The normalized spacial score (nSPS) is 17.4. The summed E-state index contributed by atoms with van der Waals surface area (Å²) < 4.78 is 24.6. The molecule has 0 bridgehead atoms. The van der Waals surface area contributed by atoms with Gasteiger partial charge in [-0.3, -0.25) is 4.99 Å². The first-order valence-corrected chi connectivity index (χ1v) is 10.4. The van der Waals surface area contributed by atoms with Crippen LogP contribution in [0, 0.1) is 5.82 Å². The summed E-state index contributed by atoms with van der Waals surface area (Å²) in [6.07, 6.45) is 1.56. The molecule has 1 aromatic heterocycles. The number of halogens is 1. The fourth-order valence-electron chi connectivity index (χ4n) is 3.57. The zero-order chi connectivity index (χ0) is 22.2. The number of aliphatic hydroxyl groups excluding tert-OH is 1. The fourth-order valence-corrected chi connectivity index (χ4v) is 3.57. The Morgan fingerprint density at radius 2 is 2.19 bits per heavy atom. The largest absolute Gasteiger partial charge is 0.497 e. The van der Waals surface area contributed by atoms with Crippen molar-refractivity contribution < 1.29 is 19.0 Å². The summed E-state index contributed by atoms with van der Waals surface area (Å²) in [5.41, 5.74) is 0.610. The topological polar surface area (TPSA) is 91.2 Å². The molecule has 8 nitrogen and oxygen atoms in total. The van der Waals surface area contributed by atoms with Gasteiger partial charge < -0.3 is 30.1 Å². The maximum atomic E-state index is 14.0. The van der Waals surface area contributed by atoms with E-state index in [9.17, 15) is 9.50 Å². The van der Waals surface area contributed by atoms with E-state index in [1.807, 2.05) is 11.8 Å². The van der Waals surface area contributed by atoms with Gasteiger partial charge >= 0.3 is 0 Å². The van der Waals surface area contributed by atoms with Crippen LogP contribution in [0.3, 0.4) is 0 Å². The highest BCUT2D eigenvalue weighted by Gasteiger charge is 2.26. The van der Waals surface area contributed by atoms with Gasteiger partial charge in [-0.05, 0) is 43.7 Å². The van der Waals surface area contributed by atoms with Crippen molar-refractivity contribution in [3.8, 4) is 11.5 Å². The predicted octanol–water partition coefficient (Wildman–Crippen LogP) is 2.11. The smallest absolute Gasteiger partial charge is 0.191 e. The molecule has 31 heavy (non-hydrogen) atoms. The van der Waals surface area contributed by atoms with E-state index in [2.05, 4.69) is 20.6 Å². The van der Waals surface area contributed by atoms with Crippen molar-refractivity contribution >= 4 is 11.8 Å². The Bertz CT molecular complexity index is 895. The molecule has 1 aliphatic heterocycles. The zero-order valence-corrected chi connectivity index (χ0v) is 18.1. The highest BCUT2D eigenvalue weighted by Crippen LogP contribution is 2.29. The molecule has 9 heteroatoms. The summed E-state index contributed by atoms with van der Waals surface area (Å²) in [5, 5.41) is 17.3. The minimum atomic E-state index is -0.858. The maximum Gasteiger partial charge on any atom is 0.191 e. The third-order valence-electron chi connectivity index (χ3n) is 5.13. The van der Waals surface area contributed by atoms with E-state index < -0.39 is 6.10 Å². The van der Waals surface area contributed by atoms with Crippen molar-refractivity contribution in [3.05, 3.63) is 47.9 Å². The van der Waals surface area contributed by atoms with Gasteiger partial charge in [0, 0.05) is 37.4 Å². The molecule has 2 atom stereocenters. The van der Waals surface area contributed by atoms with E-state index >= 15 is 0 Å². The molecule has 0 spiro atoms. The van der Waals surface area contributed by atoms with Crippen molar-refractivity contribution in [2.45, 2.75) is 25.5 Å². The van der Waals surface area contributed by atoms with E-state index in [0.717, 1.165) is 6.42 Å². The zero-order valence-electron chi connectivity index (χ0n) is 18.1. The Morgan fingerprint density at radius 3 is 2.90 bits per heavy atom. The molecule has 1 aliphatic rings. The summed E-state index contributed by atoms with van der Waals surface area (Å²) in [6, 6.07) is 8.37. The van der Waals surface area contributed by atoms with Gasteiger partial charge in [-0.2, -0.15) is 0 Å².